The Kier molecular flexibility index (Phi) is 3.46. The zero-order valence-corrected chi connectivity index (χ0v) is 5.66. The first-order valence-electron chi connectivity index (χ1n) is 2.73. The standard InChI is InChI=1S/C6H12O3/c1-4(2)6(9-8)5(3)7/h5-8H,1H2,2-3H3/t5-,6+/m0/s1. The molecule has 0 aromatic carbocycles. The van der Waals surface area contributed by atoms with Crippen molar-refractivity contribution < 1.29 is 15.3 Å². The van der Waals surface area contributed by atoms with Gasteiger partial charge in [0, 0.05) is 0 Å². The topological polar surface area (TPSA) is 49.7 Å². The van der Waals surface area contributed by atoms with Crippen LogP contribution < -0.4 is 0 Å². The fourth-order valence-electron chi connectivity index (χ4n) is 0.590. The Bertz CT molecular complexity index is 98.5. The van der Waals surface area contributed by atoms with Crippen molar-refractivity contribution in [2.75, 3.05) is 0 Å². The molecular formula is C6H12O3. The van der Waals surface area contributed by atoms with Gasteiger partial charge in [-0.15, -0.1) is 0 Å². The molecule has 0 aromatic heterocycles. The second-order valence-electron chi connectivity index (χ2n) is 2.11. The largest absolute Gasteiger partial charge is 0.390 e. The van der Waals surface area contributed by atoms with E-state index in [4.69, 9.17) is 10.4 Å². The average Bonchev–Trinajstić information content (AvgIpc) is 1.64. The Morgan fingerprint density at radius 2 is 2.11 bits per heavy atom. The van der Waals surface area contributed by atoms with E-state index in [1.165, 1.54) is 6.92 Å². The van der Waals surface area contributed by atoms with Crippen LogP contribution in [0.4, 0.5) is 0 Å². The summed E-state index contributed by atoms with van der Waals surface area (Å²) in [5.41, 5.74) is 0.604. The Hall–Kier alpha value is -0.380. The molecule has 0 aliphatic heterocycles. The molecule has 2 atom stereocenters. The molecule has 3 heteroatoms. The van der Waals surface area contributed by atoms with E-state index in [0.717, 1.165) is 0 Å². The molecule has 0 heterocycles. The van der Waals surface area contributed by atoms with Crippen LogP contribution >= 0.6 is 0 Å². The molecule has 0 saturated carbocycles. The number of aliphatic hydroxyl groups is 1. The van der Waals surface area contributed by atoms with Crippen molar-refractivity contribution in [3.05, 3.63) is 12.2 Å². The summed E-state index contributed by atoms with van der Waals surface area (Å²) in [5, 5.41) is 17.0. The Labute approximate surface area is 54.5 Å². The van der Waals surface area contributed by atoms with E-state index in [1.54, 1.807) is 6.92 Å². The van der Waals surface area contributed by atoms with Crippen LogP contribution in [0.3, 0.4) is 0 Å². The fourth-order valence-corrected chi connectivity index (χ4v) is 0.590. The van der Waals surface area contributed by atoms with Gasteiger partial charge in [-0.05, 0) is 19.4 Å². The van der Waals surface area contributed by atoms with Crippen LogP contribution in [0, 0.1) is 0 Å². The van der Waals surface area contributed by atoms with Crippen molar-refractivity contribution in [3.63, 3.8) is 0 Å². The Morgan fingerprint density at radius 1 is 1.67 bits per heavy atom. The second-order valence-corrected chi connectivity index (χ2v) is 2.11. The monoisotopic (exact) mass is 132 g/mol. The predicted molar refractivity (Wildman–Crippen MR) is 34.0 cm³/mol. The summed E-state index contributed by atoms with van der Waals surface area (Å²) in [7, 11) is 0. The lowest BCUT2D eigenvalue weighted by atomic mass is 10.1. The number of hydrogen-bond donors (Lipinski definition) is 2. The van der Waals surface area contributed by atoms with Gasteiger partial charge in [-0.25, -0.2) is 4.89 Å². The number of aliphatic hydroxyl groups excluding tert-OH is 1. The SMILES string of the molecule is C=C(C)[C@@H](OO)[C@H](C)O. The molecule has 0 aromatic rings. The number of hydrogen-bond acceptors (Lipinski definition) is 3. The summed E-state index contributed by atoms with van der Waals surface area (Å²) in [6.07, 6.45) is -1.38. The Morgan fingerprint density at radius 3 is 2.11 bits per heavy atom. The van der Waals surface area contributed by atoms with Gasteiger partial charge < -0.3 is 5.11 Å². The van der Waals surface area contributed by atoms with E-state index in [2.05, 4.69) is 11.5 Å². The molecule has 9 heavy (non-hydrogen) atoms. The van der Waals surface area contributed by atoms with E-state index in [1.807, 2.05) is 0 Å². The van der Waals surface area contributed by atoms with Crippen LogP contribution in [-0.4, -0.2) is 22.6 Å². The van der Waals surface area contributed by atoms with E-state index < -0.39 is 12.2 Å². The third-order valence-corrected chi connectivity index (χ3v) is 1.04. The zero-order chi connectivity index (χ0) is 7.44. The summed E-state index contributed by atoms with van der Waals surface area (Å²) >= 11 is 0. The summed E-state index contributed by atoms with van der Waals surface area (Å²) in [6.45, 7) is 6.70. The first-order chi connectivity index (χ1) is 4.09. The lowest BCUT2D eigenvalue weighted by Crippen LogP contribution is -2.25. The molecule has 2 N–H and O–H groups in total. The lowest BCUT2D eigenvalue weighted by molar-refractivity contribution is -0.284. The highest BCUT2D eigenvalue weighted by Crippen LogP contribution is 2.06. The van der Waals surface area contributed by atoms with Gasteiger partial charge in [0.15, 0.2) is 0 Å². The van der Waals surface area contributed by atoms with E-state index >= 15 is 0 Å². The molecular weight excluding hydrogens is 120 g/mol. The van der Waals surface area contributed by atoms with Crippen molar-refractivity contribution in [2.45, 2.75) is 26.1 Å². The van der Waals surface area contributed by atoms with Gasteiger partial charge in [0.05, 0.1) is 6.10 Å². The van der Waals surface area contributed by atoms with Crippen LogP contribution in [0.1, 0.15) is 13.8 Å². The highest BCUT2D eigenvalue weighted by molar-refractivity contribution is 4.99. The van der Waals surface area contributed by atoms with Crippen molar-refractivity contribution >= 4 is 0 Å². The molecule has 0 amide bonds. The van der Waals surface area contributed by atoms with Gasteiger partial charge in [-0.3, -0.25) is 5.26 Å². The smallest absolute Gasteiger partial charge is 0.139 e. The van der Waals surface area contributed by atoms with Gasteiger partial charge in [0.25, 0.3) is 0 Å². The van der Waals surface area contributed by atoms with Crippen molar-refractivity contribution in [1.29, 1.82) is 0 Å². The molecule has 0 unspecified atom stereocenters. The highest BCUT2D eigenvalue weighted by Gasteiger charge is 2.15. The third-order valence-electron chi connectivity index (χ3n) is 1.04. The molecule has 0 aliphatic carbocycles. The quantitative estimate of drug-likeness (QED) is 0.339. The normalized spacial score (nSPS) is 16.9. The van der Waals surface area contributed by atoms with Gasteiger partial charge in [0.1, 0.15) is 6.10 Å². The molecule has 0 fully saturated rings. The maximum atomic E-state index is 8.84. The second kappa shape index (κ2) is 3.61. The van der Waals surface area contributed by atoms with Gasteiger partial charge >= 0.3 is 0 Å². The molecule has 0 radical (unpaired) electrons. The van der Waals surface area contributed by atoms with Crippen molar-refractivity contribution in [1.82, 2.24) is 0 Å². The summed E-state index contributed by atoms with van der Waals surface area (Å²) < 4.78 is 0. The van der Waals surface area contributed by atoms with Crippen LogP contribution in [0.2, 0.25) is 0 Å². The minimum atomic E-state index is -0.715. The van der Waals surface area contributed by atoms with Crippen LogP contribution in [-0.2, 0) is 4.89 Å². The molecule has 0 aliphatic rings. The van der Waals surface area contributed by atoms with Crippen LogP contribution in [0.5, 0.6) is 0 Å². The van der Waals surface area contributed by atoms with Crippen molar-refractivity contribution in [3.8, 4) is 0 Å². The van der Waals surface area contributed by atoms with E-state index in [0.29, 0.717) is 5.57 Å². The predicted octanol–water partition coefficient (Wildman–Crippen LogP) is 0.801. The molecule has 0 rings (SSSR count). The summed E-state index contributed by atoms with van der Waals surface area (Å²) in [4.78, 5) is 3.92. The third kappa shape index (κ3) is 2.60. The maximum absolute atomic E-state index is 8.84. The zero-order valence-electron chi connectivity index (χ0n) is 5.66. The fraction of sp³-hybridized carbons (Fsp3) is 0.667. The first kappa shape index (κ1) is 8.62. The van der Waals surface area contributed by atoms with Gasteiger partial charge in [-0.2, -0.15) is 0 Å². The van der Waals surface area contributed by atoms with Crippen molar-refractivity contribution in [2.24, 2.45) is 0 Å². The summed E-state index contributed by atoms with van der Waals surface area (Å²) in [5.74, 6) is 0. The van der Waals surface area contributed by atoms with E-state index in [-0.39, 0.29) is 0 Å². The van der Waals surface area contributed by atoms with Gasteiger partial charge in [0.2, 0.25) is 0 Å². The molecule has 0 bridgehead atoms. The van der Waals surface area contributed by atoms with E-state index in [9.17, 15) is 0 Å². The highest BCUT2D eigenvalue weighted by atomic mass is 17.1. The van der Waals surface area contributed by atoms with Gasteiger partial charge in [-0.1, -0.05) is 6.58 Å². The van der Waals surface area contributed by atoms with Crippen LogP contribution in [0.15, 0.2) is 12.2 Å². The molecule has 0 spiro atoms. The minimum absolute atomic E-state index is 0.604. The number of rotatable bonds is 3. The molecule has 54 valence electrons. The molecule has 3 nitrogen and oxygen atoms in total. The lowest BCUT2D eigenvalue weighted by Gasteiger charge is -2.15. The average molecular weight is 132 g/mol. The maximum Gasteiger partial charge on any atom is 0.139 e. The van der Waals surface area contributed by atoms with Crippen LogP contribution in [0.25, 0.3) is 0 Å². The first-order valence-corrected chi connectivity index (χ1v) is 2.73. The summed E-state index contributed by atoms with van der Waals surface area (Å²) in [6, 6.07) is 0. The molecule has 0 saturated heterocycles. The minimum Gasteiger partial charge on any atom is -0.390 e. The Balaban J connectivity index is 3.83.